The predicted molar refractivity (Wildman–Crippen MR) is 181 cm³/mol. The van der Waals surface area contributed by atoms with Gasteiger partial charge in [0.25, 0.3) is 5.91 Å². The topological polar surface area (TPSA) is 124 Å². The largest absolute Gasteiger partial charge is 0.477 e. The highest BCUT2D eigenvalue weighted by atomic mass is 16.4. The van der Waals surface area contributed by atoms with Crippen LogP contribution in [-0.2, 0) is 27.5 Å². The monoisotopic (exact) mass is 662 g/mol. The molecule has 9 rings (SSSR count). The van der Waals surface area contributed by atoms with Crippen LogP contribution >= 0.6 is 0 Å². The van der Waals surface area contributed by atoms with Gasteiger partial charge in [-0.15, -0.1) is 0 Å². The van der Waals surface area contributed by atoms with Crippen LogP contribution < -0.4 is 5.32 Å². The van der Waals surface area contributed by atoms with Crippen LogP contribution in [0.4, 0.5) is 0 Å². The molecule has 49 heavy (non-hydrogen) atoms. The van der Waals surface area contributed by atoms with E-state index >= 15 is 0 Å². The van der Waals surface area contributed by atoms with Gasteiger partial charge in [-0.3, -0.25) is 14.4 Å². The highest BCUT2D eigenvalue weighted by molar-refractivity contribution is 6.22. The van der Waals surface area contributed by atoms with Crippen molar-refractivity contribution in [2.24, 2.45) is 11.8 Å². The quantitative estimate of drug-likeness (QED) is 0.187. The van der Waals surface area contributed by atoms with Gasteiger partial charge in [0.2, 0.25) is 5.91 Å². The van der Waals surface area contributed by atoms with E-state index in [2.05, 4.69) is 17.4 Å². The Bertz CT molecular complexity index is 1930. The zero-order chi connectivity index (χ0) is 34.2. The summed E-state index contributed by atoms with van der Waals surface area (Å²) in [5, 5.41) is 23.5. The Labute approximate surface area is 285 Å². The van der Waals surface area contributed by atoms with Crippen molar-refractivity contribution in [3.63, 3.8) is 0 Å². The second-order valence-corrected chi connectivity index (χ2v) is 14.9. The minimum absolute atomic E-state index is 0.0583. The number of carbonyl (C=O) groups is 4. The molecule has 10 nitrogen and oxygen atoms in total. The summed E-state index contributed by atoms with van der Waals surface area (Å²) in [6.07, 6.45) is -0.880. The maximum atomic E-state index is 13.7. The average molecular weight is 663 g/mol. The maximum Gasteiger partial charge on any atom is 0.352 e. The van der Waals surface area contributed by atoms with Crippen molar-refractivity contribution < 1.29 is 38.4 Å². The Kier molecular flexibility index (Phi) is 7.40. The Balaban J connectivity index is 0.982. The number of nitrogens with one attached hydrogen (secondary N) is 1. The molecule has 4 atom stereocenters. The molecule has 5 heterocycles. The van der Waals surface area contributed by atoms with Gasteiger partial charge < -0.3 is 29.4 Å². The number of quaternary nitrogens is 2. The molecule has 2 bridgehead atoms. The smallest absolute Gasteiger partial charge is 0.352 e. The molecule has 0 saturated carbocycles. The van der Waals surface area contributed by atoms with E-state index in [9.17, 15) is 29.4 Å². The Morgan fingerprint density at radius 2 is 1.53 bits per heavy atom. The number of ketones is 1. The first-order valence-electron chi connectivity index (χ1n) is 17.3. The molecule has 3 N–H and O–H groups in total. The minimum atomic E-state index is -1.19. The molecule has 2 amide bonds. The van der Waals surface area contributed by atoms with Crippen molar-refractivity contribution >= 4 is 29.1 Å². The number of rotatable bonds is 9. The third-order valence-electron chi connectivity index (χ3n) is 12.0. The number of β-lactam (4-membered cyclic amide) rings is 1. The van der Waals surface area contributed by atoms with Gasteiger partial charge in [-0.1, -0.05) is 55.5 Å². The normalized spacial score (nSPS) is 28.6. The summed E-state index contributed by atoms with van der Waals surface area (Å²) >= 11 is 0. The number of aliphatic hydroxyl groups excluding tert-OH is 1. The van der Waals surface area contributed by atoms with Crippen LogP contribution in [0, 0.1) is 11.8 Å². The van der Waals surface area contributed by atoms with E-state index in [1.54, 1.807) is 13.0 Å². The molecule has 10 heteroatoms. The summed E-state index contributed by atoms with van der Waals surface area (Å²) in [4.78, 5) is 53.2. The van der Waals surface area contributed by atoms with Gasteiger partial charge in [0.1, 0.15) is 51.5 Å². The van der Waals surface area contributed by atoms with Crippen LogP contribution in [0.15, 0.2) is 72.4 Å². The van der Waals surface area contributed by atoms with E-state index in [-0.39, 0.29) is 29.2 Å². The van der Waals surface area contributed by atoms with E-state index in [1.807, 2.05) is 55.5 Å². The van der Waals surface area contributed by atoms with Crippen LogP contribution in [0.5, 0.6) is 0 Å². The van der Waals surface area contributed by atoms with Crippen molar-refractivity contribution in [2.75, 3.05) is 45.8 Å². The highest BCUT2D eigenvalue weighted by Crippen LogP contribution is 2.51. The lowest BCUT2D eigenvalue weighted by Gasteiger charge is -2.55. The first-order chi connectivity index (χ1) is 23.5. The van der Waals surface area contributed by atoms with Crippen molar-refractivity contribution in [1.29, 1.82) is 0 Å². The fourth-order valence-electron chi connectivity index (χ4n) is 9.30. The van der Waals surface area contributed by atoms with E-state index in [4.69, 9.17) is 0 Å². The number of aliphatic hydroxyl groups is 1. The van der Waals surface area contributed by atoms with E-state index in [0.29, 0.717) is 35.4 Å². The van der Waals surface area contributed by atoms with Gasteiger partial charge in [0, 0.05) is 29.2 Å². The molecule has 5 aliphatic heterocycles. The van der Waals surface area contributed by atoms with Crippen LogP contribution in [0.2, 0.25) is 0 Å². The SMILES string of the molecule is C[C@@H](O)[C@H]1C(=O)N2C(C(=O)O)=C(c3ccc4c(c3)C(=O)c3ccc(C[N+]56CC[N+](CC(=O)NCc7ccccc7)(CC5)CC6)cc3-4)[C@H](C)[C@H]12. The first-order valence-corrected chi connectivity index (χ1v) is 17.3. The van der Waals surface area contributed by atoms with Crippen LogP contribution in [0.25, 0.3) is 16.7 Å². The second kappa shape index (κ2) is 11.5. The molecule has 6 aliphatic rings. The number of carbonyl (C=O) groups excluding carboxylic acids is 3. The molecule has 3 aromatic rings. The number of aliphatic carboxylic acids is 1. The summed E-state index contributed by atoms with van der Waals surface area (Å²) in [7, 11) is 0. The molecule has 1 aliphatic carbocycles. The molecule has 0 aromatic heterocycles. The first kappa shape index (κ1) is 31.6. The fraction of sp³-hybridized carbons (Fsp3) is 0.385. The number of hydrogen-bond acceptors (Lipinski definition) is 5. The van der Waals surface area contributed by atoms with Crippen LogP contribution in [-0.4, -0.2) is 106 Å². The molecule has 252 valence electrons. The molecular weight excluding hydrogens is 620 g/mol. The number of carboxylic acids is 1. The Morgan fingerprint density at radius 3 is 2.20 bits per heavy atom. The van der Waals surface area contributed by atoms with E-state index in [1.165, 1.54) is 10.5 Å². The lowest BCUT2D eigenvalue weighted by molar-refractivity contribution is -1.08. The number of amides is 2. The summed E-state index contributed by atoms with van der Waals surface area (Å²) in [6.45, 7) is 11.4. The Hall–Kier alpha value is -4.64. The van der Waals surface area contributed by atoms with Crippen molar-refractivity contribution in [1.82, 2.24) is 10.2 Å². The van der Waals surface area contributed by atoms with E-state index in [0.717, 1.165) is 71.5 Å². The average Bonchev–Trinajstić information content (AvgIpc) is 3.52. The third-order valence-corrected chi connectivity index (χ3v) is 12.0. The van der Waals surface area contributed by atoms with Gasteiger partial charge in [0.15, 0.2) is 12.3 Å². The highest BCUT2D eigenvalue weighted by Gasteiger charge is 2.60. The number of hydrogen-bond donors (Lipinski definition) is 3. The molecule has 4 fully saturated rings. The minimum Gasteiger partial charge on any atom is -0.477 e. The van der Waals surface area contributed by atoms with Gasteiger partial charge in [0.05, 0.1) is 18.1 Å². The van der Waals surface area contributed by atoms with E-state index < -0.39 is 24.0 Å². The summed E-state index contributed by atoms with van der Waals surface area (Å²) < 4.78 is 1.83. The third kappa shape index (κ3) is 5.04. The molecule has 4 saturated heterocycles. The lowest BCUT2D eigenvalue weighted by Crippen LogP contribution is -2.75. The maximum absolute atomic E-state index is 13.7. The van der Waals surface area contributed by atoms with Crippen LogP contribution in [0.3, 0.4) is 0 Å². The molecule has 3 aromatic carbocycles. The van der Waals surface area contributed by atoms with Gasteiger partial charge in [-0.05, 0) is 52.9 Å². The van der Waals surface area contributed by atoms with Gasteiger partial charge >= 0.3 is 5.97 Å². The zero-order valence-electron chi connectivity index (χ0n) is 27.9. The van der Waals surface area contributed by atoms with Gasteiger partial charge in [-0.2, -0.15) is 0 Å². The summed E-state index contributed by atoms with van der Waals surface area (Å²) in [6, 6.07) is 21.3. The van der Waals surface area contributed by atoms with Crippen molar-refractivity contribution in [3.8, 4) is 11.1 Å². The lowest BCUT2D eigenvalue weighted by atomic mass is 9.76. The van der Waals surface area contributed by atoms with Crippen molar-refractivity contribution in [3.05, 3.63) is 100 Å². The summed E-state index contributed by atoms with van der Waals surface area (Å²) in [5.41, 5.74) is 6.28. The predicted octanol–water partition coefficient (Wildman–Crippen LogP) is 3.03. The molecule has 0 unspecified atom stereocenters. The zero-order valence-corrected chi connectivity index (χ0v) is 27.9. The second-order valence-electron chi connectivity index (χ2n) is 14.9. The molecular formula is C39H42N4O6+2. The number of benzene rings is 3. The van der Waals surface area contributed by atoms with Crippen molar-refractivity contribution in [2.45, 2.75) is 39.1 Å². The number of carboxylic acid groups (broad SMARTS) is 1. The number of piperazine rings is 3. The molecule has 0 radical (unpaired) electrons. The Morgan fingerprint density at radius 1 is 0.857 bits per heavy atom. The number of nitrogens with zero attached hydrogens (tertiary/aromatic N) is 3. The van der Waals surface area contributed by atoms with Gasteiger partial charge in [-0.25, -0.2) is 4.79 Å². The fourth-order valence-corrected chi connectivity index (χ4v) is 9.30. The standard InChI is InChI=1S/C39H40N4O6/c1-23-33(36(39(48)49)41-35(23)34(24(2)44)38(41)47)27-9-11-28-30-18-26(8-10-29(30)37(46)31(28)19-27)21-42-12-15-43(16-13-42,17-14-42)22-32(45)40-20-25-6-4-3-5-7-25/h3-11,18-19,23-24,34-35,44H,12-17,20-22H2,1-2H3/p+2/t23-,24+,34+,35+,42?,43?/m0/s1. The summed E-state index contributed by atoms with van der Waals surface area (Å²) in [5.74, 6) is -2.50. The number of fused-ring (bicyclic) bond motifs is 7. The van der Waals surface area contributed by atoms with Crippen LogP contribution in [0.1, 0.15) is 46.5 Å². The molecule has 0 spiro atoms.